The van der Waals surface area contributed by atoms with Crippen LogP contribution in [-0.4, -0.2) is 18.3 Å². The van der Waals surface area contributed by atoms with E-state index < -0.39 is 11.7 Å². The number of ether oxygens (including phenoxy) is 1. The Labute approximate surface area is 141 Å². The van der Waals surface area contributed by atoms with Crippen LogP contribution in [0.4, 0.5) is 13.2 Å². The number of hydrogen-bond acceptors (Lipinski definition) is 3. The molecule has 0 bridgehead atoms. The molecule has 7 heteroatoms. The van der Waals surface area contributed by atoms with Gasteiger partial charge in [0.25, 0.3) is 0 Å². The van der Waals surface area contributed by atoms with Gasteiger partial charge in [0.2, 0.25) is 0 Å². The van der Waals surface area contributed by atoms with Gasteiger partial charge in [0.1, 0.15) is 5.75 Å². The van der Waals surface area contributed by atoms with Gasteiger partial charge < -0.3 is 9.72 Å². The van der Waals surface area contributed by atoms with Gasteiger partial charge in [0, 0.05) is 27.5 Å². The number of hydrogen-bond donors (Lipinski definition) is 1. The predicted octanol–water partition coefficient (Wildman–Crippen LogP) is 5.02. The van der Waals surface area contributed by atoms with E-state index >= 15 is 0 Å². The highest BCUT2D eigenvalue weighted by atomic mass is 32.2. The Kier molecular flexibility index (Phi) is 5.13. The zero-order chi connectivity index (χ0) is 18.1. The Morgan fingerprint density at radius 1 is 1.38 bits per heavy atom. The Bertz CT molecular complexity index is 882. The van der Waals surface area contributed by atoms with Gasteiger partial charge in [0.05, 0.1) is 18.3 Å². The Morgan fingerprint density at radius 3 is 2.62 bits per heavy atom. The third-order valence-corrected chi connectivity index (χ3v) is 4.54. The number of methoxy groups -OCH3 is 1. The molecule has 3 nitrogen and oxygen atoms in total. The van der Waals surface area contributed by atoms with Crippen LogP contribution < -0.4 is 10.2 Å². The number of aromatic nitrogens is 1. The van der Waals surface area contributed by atoms with Crippen molar-refractivity contribution in [2.45, 2.75) is 20.0 Å². The SMILES string of the molecule is C=C(S/C=C(\C)C(F)(F)F)c1cc(=O)c2ccc(OC)c(C)c2[nH]1. The first-order valence-electron chi connectivity index (χ1n) is 6.95. The molecule has 1 aromatic carbocycles. The number of fused-ring (bicyclic) bond motifs is 1. The van der Waals surface area contributed by atoms with Crippen LogP contribution in [0, 0.1) is 6.92 Å². The predicted molar refractivity (Wildman–Crippen MR) is 92.3 cm³/mol. The molecule has 0 saturated carbocycles. The quantitative estimate of drug-likeness (QED) is 0.838. The molecule has 1 N–H and O–H groups in total. The standard InChI is InChI=1S/C17H16F3NO2S/c1-9(17(18,19)20)8-24-11(3)13-7-14(22)12-5-6-15(23-4)10(2)16(12)21-13/h5-8H,3H2,1-2,4H3,(H,21,22)/b9-8+. The molecule has 1 heterocycles. The van der Waals surface area contributed by atoms with Crippen molar-refractivity contribution in [3.63, 3.8) is 0 Å². The topological polar surface area (TPSA) is 42.1 Å². The van der Waals surface area contributed by atoms with Crippen molar-refractivity contribution >= 4 is 27.6 Å². The second kappa shape index (κ2) is 6.76. The molecule has 0 aliphatic heterocycles. The van der Waals surface area contributed by atoms with E-state index in [1.54, 1.807) is 19.1 Å². The number of nitrogens with one attached hydrogen (secondary N) is 1. The van der Waals surface area contributed by atoms with Crippen molar-refractivity contribution in [2.75, 3.05) is 7.11 Å². The van der Waals surface area contributed by atoms with Crippen LogP contribution in [0.25, 0.3) is 15.8 Å². The van der Waals surface area contributed by atoms with Crippen LogP contribution in [0.1, 0.15) is 18.2 Å². The summed E-state index contributed by atoms with van der Waals surface area (Å²) in [5.41, 5.74) is 0.737. The number of thioether (sulfide) groups is 1. The molecule has 128 valence electrons. The molecule has 0 unspecified atom stereocenters. The van der Waals surface area contributed by atoms with E-state index in [9.17, 15) is 18.0 Å². The second-order valence-corrected chi connectivity index (χ2v) is 6.17. The number of alkyl halides is 3. The van der Waals surface area contributed by atoms with Crippen LogP contribution in [-0.2, 0) is 0 Å². The van der Waals surface area contributed by atoms with Crippen LogP contribution >= 0.6 is 11.8 Å². The smallest absolute Gasteiger partial charge is 0.412 e. The summed E-state index contributed by atoms with van der Waals surface area (Å²) in [4.78, 5) is 15.6. The molecule has 0 amide bonds. The summed E-state index contributed by atoms with van der Waals surface area (Å²) in [7, 11) is 1.52. The van der Waals surface area contributed by atoms with E-state index in [1.165, 1.54) is 13.2 Å². The Morgan fingerprint density at radius 2 is 2.04 bits per heavy atom. The van der Waals surface area contributed by atoms with Crippen molar-refractivity contribution in [3.8, 4) is 5.75 Å². The van der Waals surface area contributed by atoms with E-state index in [4.69, 9.17) is 4.74 Å². The summed E-state index contributed by atoms with van der Waals surface area (Å²) < 4.78 is 42.8. The van der Waals surface area contributed by atoms with Crippen molar-refractivity contribution in [1.82, 2.24) is 4.98 Å². The number of pyridine rings is 1. The number of rotatable bonds is 4. The van der Waals surface area contributed by atoms with Gasteiger partial charge >= 0.3 is 6.18 Å². The average Bonchev–Trinajstić information content (AvgIpc) is 2.52. The maximum Gasteiger partial charge on any atom is 0.412 e. The van der Waals surface area contributed by atoms with E-state index in [1.807, 2.05) is 0 Å². The van der Waals surface area contributed by atoms with Gasteiger partial charge in [-0.25, -0.2) is 0 Å². The van der Waals surface area contributed by atoms with Crippen LogP contribution in [0.2, 0.25) is 0 Å². The largest absolute Gasteiger partial charge is 0.496 e. The first-order valence-corrected chi connectivity index (χ1v) is 7.83. The maximum absolute atomic E-state index is 12.5. The number of H-pyrrole nitrogens is 1. The third kappa shape index (κ3) is 3.67. The number of allylic oxidation sites excluding steroid dienone is 1. The lowest BCUT2D eigenvalue weighted by Gasteiger charge is -2.11. The zero-order valence-electron chi connectivity index (χ0n) is 13.4. The van der Waals surface area contributed by atoms with E-state index in [0.29, 0.717) is 27.3 Å². The fraction of sp³-hybridized carbons (Fsp3) is 0.235. The highest BCUT2D eigenvalue weighted by molar-refractivity contribution is 8.10. The van der Waals surface area contributed by atoms with Crippen molar-refractivity contribution in [1.29, 1.82) is 0 Å². The summed E-state index contributed by atoms with van der Waals surface area (Å²) in [6, 6.07) is 4.68. The minimum atomic E-state index is -4.38. The summed E-state index contributed by atoms with van der Waals surface area (Å²) >= 11 is 0.820. The van der Waals surface area contributed by atoms with Crippen LogP contribution in [0.3, 0.4) is 0 Å². The van der Waals surface area contributed by atoms with E-state index in [0.717, 1.165) is 29.7 Å². The van der Waals surface area contributed by atoms with Gasteiger partial charge in [0.15, 0.2) is 5.43 Å². The Balaban J connectivity index is 2.45. The molecular weight excluding hydrogens is 339 g/mol. The van der Waals surface area contributed by atoms with Crippen molar-refractivity contribution in [2.24, 2.45) is 0 Å². The molecule has 2 aromatic rings. The first kappa shape index (κ1) is 18.2. The molecule has 0 aliphatic rings. The lowest BCUT2D eigenvalue weighted by Crippen LogP contribution is -2.08. The van der Waals surface area contributed by atoms with E-state index in [-0.39, 0.29) is 5.43 Å². The van der Waals surface area contributed by atoms with Crippen LogP contribution in [0.5, 0.6) is 5.75 Å². The first-order chi connectivity index (χ1) is 11.1. The molecule has 0 spiro atoms. The molecule has 2 rings (SSSR count). The van der Waals surface area contributed by atoms with E-state index in [2.05, 4.69) is 11.6 Å². The van der Waals surface area contributed by atoms with Crippen molar-refractivity contribution in [3.05, 3.63) is 57.2 Å². The molecule has 0 atom stereocenters. The molecule has 0 saturated heterocycles. The monoisotopic (exact) mass is 355 g/mol. The molecule has 24 heavy (non-hydrogen) atoms. The third-order valence-electron chi connectivity index (χ3n) is 3.56. The van der Waals surface area contributed by atoms with Gasteiger partial charge in [-0.3, -0.25) is 4.79 Å². The maximum atomic E-state index is 12.5. The minimum Gasteiger partial charge on any atom is -0.496 e. The van der Waals surface area contributed by atoms with Gasteiger partial charge in [-0.15, -0.1) is 0 Å². The lowest BCUT2D eigenvalue weighted by atomic mass is 10.1. The zero-order valence-corrected chi connectivity index (χ0v) is 14.2. The van der Waals surface area contributed by atoms with Gasteiger partial charge in [-0.05, 0) is 31.4 Å². The highest BCUT2D eigenvalue weighted by Crippen LogP contribution is 2.33. The van der Waals surface area contributed by atoms with Gasteiger partial charge in [-0.1, -0.05) is 18.3 Å². The minimum absolute atomic E-state index is 0.234. The highest BCUT2D eigenvalue weighted by Gasteiger charge is 2.29. The fourth-order valence-electron chi connectivity index (χ4n) is 2.10. The summed E-state index contributed by atoms with van der Waals surface area (Å²) in [6.07, 6.45) is -4.38. The number of aromatic amines is 1. The molecule has 0 fully saturated rings. The fourth-order valence-corrected chi connectivity index (χ4v) is 2.79. The number of benzene rings is 1. The molecular formula is C17H16F3NO2S. The lowest BCUT2D eigenvalue weighted by molar-refractivity contribution is -0.0910. The average molecular weight is 355 g/mol. The van der Waals surface area contributed by atoms with Crippen LogP contribution in [0.15, 0.2) is 40.6 Å². The number of aryl methyl sites for hydroxylation is 1. The number of halogens is 3. The molecule has 0 aliphatic carbocycles. The summed E-state index contributed by atoms with van der Waals surface area (Å²) in [5, 5.41) is 1.46. The van der Waals surface area contributed by atoms with Crippen molar-refractivity contribution < 1.29 is 17.9 Å². The summed E-state index contributed by atoms with van der Waals surface area (Å²) in [5.74, 6) is 0.612. The second-order valence-electron chi connectivity index (χ2n) is 5.20. The molecule has 1 aromatic heterocycles. The Hall–Kier alpha value is -2.15. The summed E-state index contributed by atoms with van der Waals surface area (Å²) in [6.45, 7) is 6.53. The molecule has 0 radical (unpaired) electrons. The van der Waals surface area contributed by atoms with Gasteiger partial charge in [-0.2, -0.15) is 13.2 Å². The normalized spacial score (nSPS) is 12.5.